The number of hydrogen-bond acceptors (Lipinski definition) is 5. The van der Waals surface area contributed by atoms with Crippen LogP contribution in [0.4, 0.5) is 0 Å². The summed E-state index contributed by atoms with van der Waals surface area (Å²) in [4.78, 5) is 4.41. The molecule has 0 aliphatic carbocycles. The predicted molar refractivity (Wildman–Crippen MR) is 128 cm³/mol. The van der Waals surface area contributed by atoms with Crippen molar-refractivity contribution in [2.75, 3.05) is 6.54 Å². The second-order valence-electron chi connectivity index (χ2n) is 8.47. The molecule has 1 aromatic heterocycles. The number of benzene rings is 2. The molecule has 0 fully saturated rings. The number of aryl methyl sites for hydroxylation is 1. The van der Waals surface area contributed by atoms with E-state index in [9.17, 15) is 16.8 Å². The van der Waals surface area contributed by atoms with Crippen LogP contribution in [0.5, 0.6) is 0 Å². The van der Waals surface area contributed by atoms with Crippen LogP contribution in [-0.4, -0.2) is 28.4 Å². The zero-order valence-corrected chi connectivity index (χ0v) is 20.4. The monoisotopic (exact) mass is 484 g/mol. The molecule has 6 nitrogen and oxygen atoms in total. The molecule has 8 heteroatoms. The van der Waals surface area contributed by atoms with Gasteiger partial charge in [0.1, 0.15) is 0 Å². The van der Waals surface area contributed by atoms with Crippen molar-refractivity contribution in [3.8, 4) is 0 Å². The highest BCUT2D eigenvalue weighted by Gasteiger charge is 2.34. The van der Waals surface area contributed by atoms with Crippen LogP contribution in [0.25, 0.3) is 0 Å². The van der Waals surface area contributed by atoms with Crippen molar-refractivity contribution in [2.45, 2.75) is 60.1 Å². The third kappa shape index (κ3) is 4.74. The zero-order valence-electron chi connectivity index (χ0n) is 18.8. The summed E-state index contributed by atoms with van der Waals surface area (Å²) in [5.41, 5.74) is 2.95. The van der Waals surface area contributed by atoms with Crippen LogP contribution in [0.2, 0.25) is 0 Å². The van der Waals surface area contributed by atoms with Crippen molar-refractivity contribution in [2.24, 2.45) is 0 Å². The molecule has 0 saturated heterocycles. The number of nitrogens with one attached hydrogen (secondary N) is 1. The SMILES string of the molecule is CCCC1Cc2ccccc2S(=O)(=O)c2cc(S(=O)(=O)NCCc3cccnc3)c(C)cc21. The largest absolute Gasteiger partial charge is 0.264 e. The molecule has 2 heterocycles. The first-order valence-corrected chi connectivity index (χ1v) is 14.1. The van der Waals surface area contributed by atoms with E-state index in [4.69, 9.17) is 0 Å². The Morgan fingerprint density at radius 2 is 1.88 bits per heavy atom. The Morgan fingerprint density at radius 3 is 2.61 bits per heavy atom. The van der Waals surface area contributed by atoms with Gasteiger partial charge in [0, 0.05) is 18.9 Å². The van der Waals surface area contributed by atoms with Crippen molar-refractivity contribution in [3.63, 3.8) is 0 Å². The van der Waals surface area contributed by atoms with Gasteiger partial charge < -0.3 is 0 Å². The second-order valence-corrected chi connectivity index (χ2v) is 12.1. The average molecular weight is 485 g/mol. The topological polar surface area (TPSA) is 93.2 Å². The smallest absolute Gasteiger partial charge is 0.240 e. The molecule has 1 aliphatic rings. The van der Waals surface area contributed by atoms with Crippen LogP contribution >= 0.6 is 0 Å². The van der Waals surface area contributed by atoms with Gasteiger partial charge in [-0.3, -0.25) is 4.98 Å². The zero-order chi connectivity index (χ0) is 23.6. The molecule has 1 atom stereocenters. The number of sulfonamides is 1. The third-order valence-corrected chi connectivity index (χ3v) is 9.63. The number of rotatable bonds is 7. The minimum Gasteiger partial charge on any atom is -0.264 e. The summed E-state index contributed by atoms with van der Waals surface area (Å²) in [6.45, 7) is 3.99. The highest BCUT2D eigenvalue weighted by molar-refractivity contribution is 7.92. The van der Waals surface area contributed by atoms with Crippen molar-refractivity contribution < 1.29 is 16.8 Å². The quantitative estimate of drug-likeness (QED) is 0.543. The Bertz CT molecular complexity index is 1370. The molecule has 0 spiro atoms. The van der Waals surface area contributed by atoms with Gasteiger partial charge in [-0.05, 0) is 72.6 Å². The van der Waals surface area contributed by atoms with Gasteiger partial charge in [0.25, 0.3) is 0 Å². The number of fused-ring (bicyclic) bond motifs is 2. The van der Waals surface area contributed by atoms with E-state index in [0.29, 0.717) is 24.0 Å². The van der Waals surface area contributed by atoms with Crippen LogP contribution in [0.1, 0.15) is 47.9 Å². The Kier molecular flexibility index (Phi) is 6.70. The summed E-state index contributed by atoms with van der Waals surface area (Å²) in [6.07, 6.45) is 6.19. The van der Waals surface area contributed by atoms with Crippen LogP contribution in [0, 0.1) is 6.92 Å². The number of nitrogens with zero attached hydrogens (tertiary/aromatic N) is 1. The highest BCUT2D eigenvalue weighted by atomic mass is 32.2. The van der Waals surface area contributed by atoms with E-state index in [1.165, 1.54) is 6.07 Å². The van der Waals surface area contributed by atoms with Gasteiger partial charge in [-0.25, -0.2) is 21.6 Å². The first-order chi connectivity index (χ1) is 15.7. The van der Waals surface area contributed by atoms with Crippen molar-refractivity contribution in [1.29, 1.82) is 0 Å². The lowest BCUT2D eigenvalue weighted by atomic mass is 9.88. The van der Waals surface area contributed by atoms with Gasteiger partial charge in [0.05, 0.1) is 14.7 Å². The van der Waals surface area contributed by atoms with Crippen LogP contribution < -0.4 is 4.72 Å². The molecule has 1 N–H and O–H groups in total. The fourth-order valence-electron chi connectivity index (χ4n) is 4.52. The minimum atomic E-state index is -3.90. The molecule has 0 saturated carbocycles. The fourth-order valence-corrected chi connectivity index (χ4v) is 7.68. The second kappa shape index (κ2) is 9.37. The number of pyridine rings is 1. The van der Waals surface area contributed by atoms with E-state index in [1.807, 2.05) is 18.2 Å². The van der Waals surface area contributed by atoms with Crippen LogP contribution in [0.3, 0.4) is 0 Å². The van der Waals surface area contributed by atoms with Crippen molar-refractivity contribution >= 4 is 19.9 Å². The van der Waals surface area contributed by atoms with Crippen molar-refractivity contribution in [3.05, 3.63) is 83.2 Å². The lowest BCUT2D eigenvalue weighted by molar-refractivity contribution is 0.578. The Hall–Kier alpha value is -2.55. The van der Waals surface area contributed by atoms with Gasteiger partial charge in [0.15, 0.2) is 0 Å². The molecule has 0 radical (unpaired) electrons. The summed E-state index contributed by atoms with van der Waals surface area (Å²) in [7, 11) is -7.75. The number of sulfone groups is 1. The summed E-state index contributed by atoms with van der Waals surface area (Å²) in [6, 6.07) is 13.8. The van der Waals surface area contributed by atoms with E-state index in [1.54, 1.807) is 43.6 Å². The first kappa shape index (κ1) is 23.6. The molecule has 4 rings (SSSR count). The van der Waals surface area contributed by atoms with Crippen molar-refractivity contribution in [1.82, 2.24) is 9.71 Å². The number of aromatic nitrogens is 1. The Morgan fingerprint density at radius 1 is 1.09 bits per heavy atom. The lowest BCUT2D eigenvalue weighted by Crippen LogP contribution is -2.27. The molecule has 0 amide bonds. The van der Waals surface area contributed by atoms with E-state index >= 15 is 0 Å². The molecule has 33 heavy (non-hydrogen) atoms. The van der Waals surface area contributed by atoms with E-state index in [2.05, 4.69) is 16.6 Å². The minimum absolute atomic E-state index is 0.00522. The fraction of sp³-hybridized carbons (Fsp3) is 0.320. The van der Waals surface area contributed by atoms with Gasteiger partial charge in [-0.2, -0.15) is 0 Å². The summed E-state index contributed by atoms with van der Waals surface area (Å²) < 4.78 is 56.2. The Balaban J connectivity index is 1.75. The van der Waals surface area contributed by atoms with Gasteiger partial charge >= 0.3 is 0 Å². The Labute approximate surface area is 196 Å². The molecule has 0 bridgehead atoms. The molecule has 1 aliphatic heterocycles. The van der Waals surface area contributed by atoms with E-state index in [-0.39, 0.29) is 27.1 Å². The summed E-state index contributed by atoms with van der Waals surface area (Å²) in [5.74, 6) is 0.0115. The maximum Gasteiger partial charge on any atom is 0.240 e. The molecule has 1 unspecified atom stereocenters. The lowest BCUT2D eigenvalue weighted by Gasteiger charge is -2.19. The average Bonchev–Trinajstić information content (AvgIpc) is 2.87. The standard InChI is InChI=1S/C25H28N2O4S2/c1-3-7-20-15-21-9-4-5-10-23(21)32(28,29)25-16-24(18(2)14-22(20)25)33(30,31)27-13-11-19-8-6-12-26-17-19/h4-6,8-10,12,14,16-17,20,27H,3,7,11,13,15H2,1-2H3. The number of hydrogen-bond donors (Lipinski definition) is 1. The summed E-state index contributed by atoms with van der Waals surface area (Å²) >= 11 is 0. The third-order valence-electron chi connectivity index (χ3n) is 6.12. The molecule has 2 aromatic carbocycles. The molecule has 174 valence electrons. The maximum absolute atomic E-state index is 13.6. The van der Waals surface area contributed by atoms with Crippen LogP contribution in [0.15, 0.2) is 75.6 Å². The molecule has 3 aromatic rings. The van der Waals surface area contributed by atoms with Gasteiger partial charge in [-0.1, -0.05) is 43.7 Å². The van der Waals surface area contributed by atoms with Crippen LogP contribution in [-0.2, 0) is 32.7 Å². The highest BCUT2D eigenvalue weighted by Crippen LogP contribution is 2.41. The van der Waals surface area contributed by atoms with Gasteiger partial charge in [-0.15, -0.1) is 0 Å². The first-order valence-electron chi connectivity index (χ1n) is 11.1. The van der Waals surface area contributed by atoms with Gasteiger partial charge in [0.2, 0.25) is 19.9 Å². The summed E-state index contributed by atoms with van der Waals surface area (Å²) in [5, 5.41) is 0. The van der Waals surface area contributed by atoms with E-state index in [0.717, 1.165) is 24.0 Å². The molecular weight excluding hydrogens is 456 g/mol. The molecular formula is C25H28N2O4S2. The predicted octanol–water partition coefficient (Wildman–Crippen LogP) is 4.18. The maximum atomic E-state index is 13.6. The van der Waals surface area contributed by atoms with E-state index < -0.39 is 19.9 Å². The normalized spacial score (nSPS) is 17.1.